The van der Waals surface area contributed by atoms with Crippen LogP contribution in [-0.4, -0.2) is 160 Å². The SMILES string of the molecule is C#CCOCCCCCN(CC[N+]12CC[N+](CCCCCCCCCCCC)(CC1)CC2)CC[N+]12CC[N+](CCCCCCCCCCCC)(CC1)CC2.[Cl-].[Cl-].[Cl-].[Cl-]. The molecular weight excluding hydrogens is 804 g/mol. The molecule has 6 aliphatic rings. The molecule has 0 unspecified atom stereocenters. The van der Waals surface area contributed by atoms with E-state index in [-0.39, 0.29) is 49.6 Å². The third-order valence-electron chi connectivity index (χ3n) is 15.5. The Morgan fingerprint density at radius 2 is 0.672 bits per heavy atom. The normalized spacial score (nSPS) is 25.7. The maximum atomic E-state index is 5.59. The van der Waals surface area contributed by atoms with E-state index in [1.54, 1.807) is 0 Å². The lowest BCUT2D eigenvalue weighted by molar-refractivity contribution is -1.08. The number of quaternary nitrogens is 4. The number of hydrogen-bond acceptors (Lipinski definition) is 2. The van der Waals surface area contributed by atoms with Gasteiger partial charge in [-0.3, -0.25) is 4.90 Å². The Balaban J connectivity index is 0.00000812. The Morgan fingerprint density at radius 1 is 0.379 bits per heavy atom. The van der Waals surface area contributed by atoms with Crippen LogP contribution in [0.3, 0.4) is 0 Å². The van der Waals surface area contributed by atoms with Crippen LogP contribution in [-0.2, 0) is 4.74 Å². The van der Waals surface area contributed by atoms with Crippen molar-refractivity contribution in [2.45, 2.75) is 162 Å². The molecule has 6 fully saturated rings. The van der Waals surface area contributed by atoms with Crippen molar-refractivity contribution in [1.82, 2.24) is 4.90 Å². The first-order valence-electron chi connectivity index (χ1n) is 24.6. The maximum Gasteiger partial charge on any atom is 0.129 e. The molecule has 0 aromatic rings. The van der Waals surface area contributed by atoms with Gasteiger partial charge in [0.15, 0.2) is 0 Å². The van der Waals surface area contributed by atoms with Gasteiger partial charge in [-0.05, 0) is 51.5 Å². The van der Waals surface area contributed by atoms with Crippen LogP contribution in [0.1, 0.15) is 162 Å². The summed E-state index contributed by atoms with van der Waals surface area (Å²) in [5, 5.41) is 0. The number of unbranched alkanes of at least 4 members (excludes halogenated alkanes) is 20. The quantitative estimate of drug-likeness (QED) is 0.0391. The lowest BCUT2D eigenvalue weighted by atomic mass is 10.0. The van der Waals surface area contributed by atoms with Crippen LogP contribution >= 0.6 is 0 Å². The Kier molecular flexibility index (Phi) is 34.2. The van der Waals surface area contributed by atoms with Gasteiger partial charge in [0.05, 0.1) is 26.2 Å². The number of halogens is 4. The predicted octanol–water partition coefficient (Wildman–Crippen LogP) is -2.71. The molecule has 0 N–H and O–H groups in total. The minimum Gasteiger partial charge on any atom is -1.00 e. The molecule has 0 aliphatic carbocycles. The Hall–Kier alpha value is 0.480. The van der Waals surface area contributed by atoms with Crippen molar-refractivity contribution in [3.8, 4) is 12.3 Å². The lowest BCUT2D eigenvalue weighted by Crippen LogP contribution is -3.00. The highest BCUT2D eigenvalue weighted by atomic mass is 35.5. The standard InChI is InChI=1S/C48H95N5O.4ClH/c1-4-7-9-11-13-15-17-19-21-25-31-50-35-41-52(42-36-50,43-37-50)33-29-49(28-24-23-27-48-54-47-6-3)30-34-53-44-38-51(39-45-53,40-46-53)32-26-22-20-18-16-14-12-10-8-5-2;;;;/h3H,4-5,7-48H2,1-2H3;4*1H/q+4;;;;/p-4. The molecule has 6 nitrogen and oxygen atoms in total. The van der Waals surface area contributed by atoms with Gasteiger partial charge in [0.2, 0.25) is 0 Å². The van der Waals surface area contributed by atoms with Crippen LogP contribution in [0.5, 0.6) is 0 Å². The molecule has 0 aromatic heterocycles. The second-order valence-corrected chi connectivity index (χ2v) is 19.5. The molecular formula is C48H95Cl4N5O. The Labute approximate surface area is 386 Å². The van der Waals surface area contributed by atoms with Crippen molar-refractivity contribution in [3.63, 3.8) is 0 Å². The van der Waals surface area contributed by atoms with Gasteiger partial charge in [-0.25, -0.2) is 0 Å². The number of ether oxygens (including phenoxy) is 1. The summed E-state index contributed by atoms with van der Waals surface area (Å²) >= 11 is 0. The molecule has 0 amide bonds. The minimum atomic E-state index is 0. The van der Waals surface area contributed by atoms with E-state index in [2.05, 4.69) is 24.7 Å². The van der Waals surface area contributed by atoms with Gasteiger partial charge in [-0.15, -0.1) is 6.42 Å². The first-order chi connectivity index (χ1) is 26.5. The third kappa shape index (κ3) is 21.7. The van der Waals surface area contributed by atoms with Gasteiger partial charge in [0, 0.05) is 19.7 Å². The number of terminal acetylenes is 1. The van der Waals surface area contributed by atoms with Gasteiger partial charge in [0.1, 0.15) is 85.1 Å². The van der Waals surface area contributed by atoms with E-state index in [4.69, 9.17) is 11.2 Å². The zero-order chi connectivity index (χ0) is 38.1. The largest absolute Gasteiger partial charge is 1.00 e. The average molecular weight is 900 g/mol. The van der Waals surface area contributed by atoms with Crippen LogP contribution in [0.2, 0.25) is 0 Å². The summed E-state index contributed by atoms with van der Waals surface area (Å²) < 4.78 is 11.4. The molecule has 0 aromatic carbocycles. The smallest absolute Gasteiger partial charge is 0.129 e. The molecule has 346 valence electrons. The summed E-state index contributed by atoms with van der Waals surface area (Å²) in [6.07, 6.45) is 38.2. The van der Waals surface area contributed by atoms with E-state index in [1.165, 1.54) is 284 Å². The number of rotatable bonds is 35. The monoisotopic (exact) mass is 898 g/mol. The number of nitrogens with zero attached hydrogens (tertiary/aromatic N) is 5. The van der Waals surface area contributed by atoms with Crippen molar-refractivity contribution in [1.29, 1.82) is 0 Å². The molecule has 10 heteroatoms. The lowest BCUT2D eigenvalue weighted by Gasteiger charge is -2.56. The van der Waals surface area contributed by atoms with E-state index in [9.17, 15) is 0 Å². The number of fused-ring (bicyclic) bond motifs is 6. The molecule has 0 radical (unpaired) electrons. The van der Waals surface area contributed by atoms with Gasteiger partial charge in [0.25, 0.3) is 0 Å². The number of hydrogen-bond donors (Lipinski definition) is 0. The first-order valence-corrected chi connectivity index (χ1v) is 24.6. The summed E-state index contributed by atoms with van der Waals surface area (Å²) in [6, 6.07) is 0. The van der Waals surface area contributed by atoms with Gasteiger partial charge in [-0.2, -0.15) is 0 Å². The van der Waals surface area contributed by atoms with Crippen molar-refractivity contribution >= 4 is 0 Å². The van der Waals surface area contributed by atoms with E-state index in [1.807, 2.05) is 0 Å². The fourth-order valence-electron chi connectivity index (χ4n) is 11.0. The van der Waals surface area contributed by atoms with Crippen molar-refractivity contribution in [2.75, 3.05) is 138 Å². The fourth-order valence-corrected chi connectivity index (χ4v) is 11.0. The molecule has 58 heavy (non-hydrogen) atoms. The number of piperazine rings is 6. The van der Waals surface area contributed by atoms with Crippen molar-refractivity contribution in [3.05, 3.63) is 0 Å². The maximum absolute atomic E-state index is 5.59. The molecule has 6 heterocycles. The predicted molar refractivity (Wildman–Crippen MR) is 233 cm³/mol. The van der Waals surface area contributed by atoms with Crippen LogP contribution < -0.4 is 49.6 Å². The van der Waals surface area contributed by atoms with Crippen molar-refractivity contribution < 1.29 is 72.3 Å². The minimum absolute atomic E-state index is 0. The summed E-state index contributed by atoms with van der Waals surface area (Å²) in [7, 11) is 0. The van der Waals surface area contributed by atoms with E-state index in [0.717, 1.165) is 13.0 Å². The van der Waals surface area contributed by atoms with Gasteiger partial charge < -0.3 is 72.3 Å². The topological polar surface area (TPSA) is 12.5 Å². The zero-order valence-electron chi connectivity index (χ0n) is 38.3. The molecule has 0 atom stereocenters. The molecule has 6 rings (SSSR count). The summed E-state index contributed by atoms with van der Waals surface area (Å²) in [4.78, 5) is 2.92. The van der Waals surface area contributed by atoms with Crippen LogP contribution in [0, 0.1) is 12.3 Å². The van der Waals surface area contributed by atoms with Crippen LogP contribution in [0.4, 0.5) is 0 Å². The molecule has 6 saturated heterocycles. The van der Waals surface area contributed by atoms with Crippen LogP contribution in [0.25, 0.3) is 0 Å². The fraction of sp³-hybridized carbons (Fsp3) is 0.958. The van der Waals surface area contributed by atoms with Crippen molar-refractivity contribution in [2.24, 2.45) is 0 Å². The van der Waals surface area contributed by atoms with E-state index in [0.29, 0.717) is 6.61 Å². The highest BCUT2D eigenvalue weighted by molar-refractivity contribution is 4.82. The van der Waals surface area contributed by atoms with Gasteiger partial charge >= 0.3 is 0 Å². The summed E-state index contributed by atoms with van der Waals surface area (Å²) in [5.74, 6) is 2.62. The molecule has 4 bridgehead atoms. The van der Waals surface area contributed by atoms with E-state index < -0.39 is 0 Å². The third-order valence-corrected chi connectivity index (χ3v) is 15.5. The highest BCUT2D eigenvalue weighted by Crippen LogP contribution is 2.29. The van der Waals surface area contributed by atoms with Gasteiger partial charge in [-0.1, -0.05) is 123 Å². The average Bonchev–Trinajstić information content (AvgIpc) is 3.21. The first kappa shape index (κ1) is 58.5. The van der Waals surface area contributed by atoms with E-state index >= 15 is 0 Å². The Bertz CT molecular complexity index is 902. The zero-order valence-corrected chi connectivity index (χ0v) is 41.4. The molecule has 0 spiro atoms. The highest BCUT2D eigenvalue weighted by Gasteiger charge is 2.50. The molecule has 0 saturated carbocycles. The summed E-state index contributed by atoms with van der Waals surface area (Å²) in [6.45, 7) is 32.9. The second kappa shape index (κ2) is 34.0. The Morgan fingerprint density at radius 3 is 1.00 bits per heavy atom. The second-order valence-electron chi connectivity index (χ2n) is 19.5. The van der Waals surface area contributed by atoms with Crippen LogP contribution in [0.15, 0.2) is 0 Å². The summed E-state index contributed by atoms with van der Waals surface area (Å²) in [5.41, 5.74) is 0. The molecule has 6 aliphatic heterocycles.